The van der Waals surface area contributed by atoms with E-state index in [2.05, 4.69) is 10.3 Å². The molecule has 3 heterocycles. The van der Waals surface area contributed by atoms with E-state index in [9.17, 15) is 4.79 Å². The van der Waals surface area contributed by atoms with Gasteiger partial charge in [0.05, 0.1) is 12.3 Å². The fourth-order valence-corrected chi connectivity index (χ4v) is 3.75. The molecule has 2 aliphatic rings. The SMILES string of the molecule is O=C(c1ccc(OCC2CCCO2)cc1)N1CCC(Cn2ccnn2)CC1. The summed E-state index contributed by atoms with van der Waals surface area (Å²) >= 11 is 0. The molecule has 2 fully saturated rings. The number of likely N-dealkylation sites (tertiary alicyclic amines) is 1. The van der Waals surface area contributed by atoms with Crippen molar-refractivity contribution in [1.29, 1.82) is 0 Å². The predicted molar refractivity (Wildman–Crippen MR) is 99.6 cm³/mol. The summed E-state index contributed by atoms with van der Waals surface area (Å²) in [6.45, 7) is 3.85. The second-order valence-electron chi connectivity index (χ2n) is 7.33. The molecule has 7 nitrogen and oxygen atoms in total. The van der Waals surface area contributed by atoms with Gasteiger partial charge in [0.15, 0.2) is 0 Å². The first-order valence-electron chi connectivity index (χ1n) is 9.76. The minimum Gasteiger partial charge on any atom is -0.491 e. The number of ether oxygens (including phenoxy) is 2. The highest BCUT2D eigenvalue weighted by Crippen LogP contribution is 2.22. The lowest BCUT2D eigenvalue weighted by molar-refractivity contribution is 0.0671. The van der Waals surface area contributed by atoms with Crippen molar-refractivity contribution in [3.63, 3.8) is 0 Å². The first kappa shape index (κ1) is 18.0. The van der Waals surface area contributed by atoms with E-state index in [1.165, 1.54) is 0 Å². The normalized spacial score (nSPS) is 20.7. The average Bonchev–Trinajstić information content (AvgIpc) is 3.41. The quantitative estimate of drug-likeness (QED) is 0.781. The van der Waals surface area contributed by atoms with E-state index >= 15 is 0 Å². The lowest BCUT2D eigenvalue weighted by Gasteiger charge is -2.32. The Morgan fingerprint density at radius 3 is 2.67 bits per heavy atom. The molecule has 2 saturated heterocycles. The number of aromatic nitrogens is 3. The second kappa shape index (κ2) is 8.52. The van der Waals surface area contributed by atoms with Crippen LogP contribution in [0.3, 0.4) is 0 Å². The third-order valence-corrected chi connectivity index (χ3v) is 5.38. The van der Waals surface area contributed by atoms with Crippen molar-refractivity contribution in [1.82, 2.24) is 19.9 Å². The zero-order valence-electron chi connectivity index (χ0n) is 15.5. The zero-order chi connectivity index (χ0) is 18.5. The van der Waals surface area contributed by atoms with Gasteiger partial charge in [-0.1, -0.05) is 5.21 Å². The van der Waals surface area contributed by atoms with E-state index in [0.717, 1.165) is 57.7 Å². The molecule has 27 heavy (non-hydrogen) atoms. The van der Waals surface area contributed by atoms with Crippen LogP contribution in [0.15, 0.2) is 36.7 Å². The molecule has 7 heteroatoms. The van der Waals surface area contributed by atoms with Gasteiger partial charge in [-0.05, 0) is 55.9 Å². The van der Waals surface area contributed by atoms with Gasteiger partial charge in [-0.2, -0.15) is 0 Å². The first-order chi connectivity index (χ1) is 13.3. The molecular formula is C20H26N4O3. The van der Waals surface area contributed by atoms with Gasteiger partial charge in [0.25, 0.3) is 5.91 Å². The summed E-state index contributed by atoms with van der Waals surface area (Å²) in [5.74, 6) is 1.43. The number of hydrogen-bond donors (Lipinski definition) is 0. The van der Waals surface area contributed by atoms with E-state index in [-0.39, 0.29) is 12.0 Å². The summed E-state index contributed by atoms with van der Waals surface area (Å²) in [6, 6.07) is 7.46. The van der Waals surface area contributed by atoms with E-state index in [0.29, 0.717) is 18.1 Å². The summed E-state index contributed by atoms with van der Waals surface area (Å²) in [5.41, 5.74) is 0.717. The van der Waals surface area contributed by atoms with Crippen LogP contribution < -0.4 is 4.74 Å². The van der Waals surface area contributed by atoms with Crippen LogP contribution in [0.5, 0.6) is 5.75 Å². The van der Waals surface area contributed by atoms with Crippen LogP contribution in [0.25, 0.3) is 0 Å². The summed E-state index contributed by atoms with van der Waals surface area (Å²) in [6.07, 6.45) is 7.94. The van der Waals surface area contributed by atoms with Crippen molar-refractivity contribution < 1.29 is 14.3 Å². The maximum atomic E-state index is 12.7. The fraction of sp³-hybridized carbons (Fsp3) is 0.550. The lowest BCUT2D eigenvalue weighted by atomic mass is 9.96. The largest absolute Gasteiger partial charge is 0.491 e. The lowest BCUT2D eigenvalue weighted by Crippen LogP contribution is -2.39. The van der Waals surface area contributed by atoms with Gasteiger partial charge in [0.1, 0.15) is 12.4 Å². The van der Waals surface area contributed by atoms with Crippen molar-refractivity contribution >= 4 is 5.91 Å². The summed E-state index contributed by atoms with van der Waals surface area (Å²) in [7, 11) is 0. The molecule has 0 aliphatic carbocycles. The number of amides is 1. The Morgan fingerprint density at radius 1 is 1.19 bits per heavy atom. The molecule has 2 aliphatic heterocycles. The molecule has 4 rings (SSSR count). The number of piperidine rings is 1. The van der Waals surface area contributed by atoms with E-state index in [1.807, 2.05) is 40.0 Å². The minimum absolute atomic E-state index is 0.0971. The molecule has 1 atom stereocenters. The minimum atomic E-state index is 0.0971. The van der Waals surface area contributed by atoms with Crippen molar-refractivity contribution in [2.24, 2.45) is 5.92 Å². The Hall–Kier alpha value is -2.41. The van der Waals surface area contributed by atoms with Crippen LogP contribution in [0.4, 0.5) is 0 Å². The molecule has 1 aromatic heterocycles. The molecule has 0 spiro atoms. The number of nitrogens with zero attached hydrogens (tertiary/aromatic N) is 4. The Morgan fingerprint density at radius 2 is 2.00 bits per heavy atom. The van der Waals surface area contributed by atoms with Gasteiger partial charge >= 0.3 is 0 Å². The monoisotopic (exact) mass is 370 g/mol. The van der Waals surface area contributed by atoms with Gasteiger partial charge in [0, 0.05) is 38.0 Å². The number of rotatable bonds is 6. The third kappa shape index (κ3) is 4.66. The van der Waals surface area contributed by atoms with Crippen LogP contribution in [-0.2, 0) is 11.3 Å². The zero-order valence-corrected chi connectivity index (χ0v) is 15.5. The average molecular weight is 370 g/mol. The van der Waals surface area contributed by atoms with Gasteiger partial charge in [0.2, 0.25) is 0 Å². The van der Waals surface area contributed by atoms with Crippen molar-refractivity contribution in [2.75, 3.05) is 26.3 Å². The maximum absolute atomic E-state index is 12.7. The Labute approximate surface area is 159 Å². The van der Waals surface area contributed by atoms with Crippen LogP contribution in [0.2, 0.25) is 0 Å². The number of hydrogen-bond acceptors (Lipinski definition) is 5. The molecule has 0 bridgehead atoms. The Bertz CT molecular complexity index is 718. The first-order valence-corrected chi connectivity index (χ1v) is 9.76. The highest BCUT2D eigenvalue weighted by atomic mass is 16.5. The third-order valence-electron chi connectivity index (χ3n) is 5.38. The summed E-state index contributed by atoms with van der Waals surface area (Å²) in [5, 5.41) is 7.87. The molecule has 144 valence electrons. The topological polar surface area (TPSA) is 69.5 Å². The fourth-order valence-electron chi connectivity index (χ4n) is 3.75. The molecule has 1 unspecified atom stereocenters. The van der Waals surface area contributed by atoms with Gasteiger partial charge in [-0.25, -0.2) is 0 Å². The highest BCUT2D eigenvalue weighted by molar-refractivity contribution is 5.94. The van der Waals surface area contributed by atoms with Crippen LogP contribution >= 0.6 is 0 Å². The maximum Gasteiger partial charge on any atom is 0.253 e. The second-order valence-corrected chi connectivity index (χ2v) is 7.33. The van der Waals surface area contributed by atoms with Crippen LogP contribution in [0, 0.1) is 5.92 Å². The van der Waals surface area contributed by atoms with Crippen molar-refractivity contribution in [3.05, 3.63) is 42.2 Å². The van der Waals surface area contributed by atoms with Gasteiger partial charge in [-0.15, -0.1) is 5.10 Å². The standard InChI is InChI=1S/C20H26N4O3/c25-20(23-10-7-16(8-11-23)14-24-12-9-21-22-24)17-3-5-18(6-4-17)27-15-19-2-1-13-26-19/h3-6,9,12,16,19H,1-2,7-8,10-11,13-15H2. The summed E-state index contributed by atoms with van der Waals surface area (Å²) < 4.78 is 13.2. The number of carbonyl (C=O) groups is 1. The van der Waals surface area contributed by atoms with Crippen molar-refractivity contribution in [3.8, 4) is 5.75 Å². The van der Waals surface area contributed by atoms with Crippen LogP contribution in [-0.4, -0.2) is 58.2 Å². The highest BCUT2D eigenvalue weighted by Gasteiger charge is 2.24. The molecule has 2 aromatic rings. The number of carbonyl (C=O) groups excluding carboxylic acids is 1. The van der Waals surface area contributed by atoms with Crippen LogP contribution in [0.1, 0.15) is 36.0 Å². The molecular weight excluding hydrogens is 344 g/mol. The predicted octanol–water partition coefficient (Wildman–Crippen LogP) is 2.39. The molecule has 0 saturated carbocycles. The van der Waals surface area contributed by atoms with Gasteiger partial charge in [-0.3, -0.25) is 9.48 Å². The Kier molecular flexibility index (Phi) is 5.67. The van der Waals surface area contributed by atoms with Crippen molar-refractivity contribution in [2.45, 2.75) is 38.3 Å². The molecule has 1 amide bonds. The Balaban J connectivity index is 1.25. The number of benzene rings is 1. The summed E-state index contributed by atoms with van der Waals surface area (Å²) in [4.78, 5) is 14.7. The van der Waals surface area contributed by atoms with Gasteiger partial charge < -0.3 is 14.4 Å². The van der Waals surface area contributed by atoms with E-state index in [1.54, 1.807) is 6.20 Å². The molecule has 1 aromatic carbocycles. The van der Waals surface area contributed by atoms with E-state index < -0.39 is 0 Å². The molecule has 0 N–H and O–H groups in total. The smallest absolute Gasteiger partial charge is 0.253 e. The molecule has 0 radical (unpaired) electrons. The van der Waals surface area contributed by atoms with E-state index in [4.69, 9.17) is 9.47 Å².